The van der Waals surface area contributed by atoms with Gasteiger partial charge in [0.15, 0.2) is 34.7 Å². The number of anilines is 3. The molecule has 9 nitrogen and oxygen atoms in total. The van der Waals surface area contributed by atoms with Crippen LogP contribution in [-0.2, 0) is 5.60 Å². The normalized spacial score (nSPS) is 14.1. The Kier molecular flexibility index (Phi) is 10.9. The number of nitrogens with zero attached hydrogens (tertiary/aromatic N) is 8. The number of benzene rings is 9. The van der Waals surface area contributed by atoms with Gasteiger partial charge >= 0.3 is 0 Å². The van der Waals surface area contributed by atoms with Crippen LogP contribution in [0.25, 0.3) is 79.2 Å². The number of hydrogen-bond acceptors (Lipinski definition) is 10. The average Bonchev–Trinajstić information content (AvgIpc) is 3.46. The fourth-order valence-corrected chi connectivity index (χ4v) is 11.0. The van der Waals surface area contributed by atoms with Crippen molar-refractivity contribution in [1.82, 2.24) is 29.9 Å². The summed E-state index contributed by atoms with van der Waals surface area (Å²) in [5.74, 6) is 3.71. The molecule has 10 heteroatoms. The molecule has 350 valence electrons. The SMILES string of the molecule is Cc1ccc(C2(C)Oc3cc(-c4ccc(-c5nc(-c6ccccc6)nc(N6c7ccccc7Sc7cc(C#N)ccc76)n5)cc4-c4nc(-c5ccccc5)nc(-c5ccccc5)n4)ccc3-c3ccccc32)cc1. The molecule has 0 N–H and O–H groups in total. The Morgan fingerprint density at radius 1 is 0.446 bits per heavy atom. The highest BCUT2D eigenvalue weighted by molar-refractivity contribution is 7.99. The highest BCUT2D eigenvalue weighted by Gasteiger charge is 2.38. The molecule has 0 amide bonds. The Morgan fingerprint density at radius 2 is 1.00 bits per heavy atom. The Bertz CT molecular complexity index is 3960. The summed E-state index contributed by atoms with van der Waals surface area (Å²) in [6, 6.07) is 76.0. The van der Waals surface area contributed by atoms with Crippen LogP contribution in [0.1, 0.15) is 29.2 Å². The molecule has 13 rings (SSSR count). The highest BCUT2D eigenvalue weighted by Crippen LogP contribution is 2.52. The molecule has 0 fully saturated rings. The molecule has 0 saturated heterocycles. The predicted octanol–water partition coefficient (Wildman–Crippen LogP) is 15.5. The van der Waals surface area contributed by atoms with E-state index in [1.54, 1.807) is 11.8 Å². The van der Waals surface area contributed by atoms with Gasteiger partial charge in [-0.25, -0.2) is 19.9 Å². The van der Waals surface area contributed by atoms with Crippen LogP contribution in [0.2, 0.25) is 0 Å². The first-order chi connectivity index (χ1) is 36.4. The maximum absolute atomic E-state index is 9.92. The summed E-state index contributed by atoms with van der Waals surface area (Å²) >= 11 is 1.62. The zero-order valence-electron chi connectivity index (χ0n) is 40.2. The third-order valence-corrected chi connectivity index (χ3v) is 14.8. The number of aryl methyl sites for hydroxylation is 1. The third kappa shape index (κ3) is 7.93. The van der Waals surface area contributed by atoms with Crippen LogP contribution >= 0.6 is 11.8 Å². The van der Waals surface area contributed by atoms with Gasteiger partial charge in [-0.15, -0.1) is 0 Å². The number of rotatable bonds is 8. The lowest BCUT2D eigenvalue weighted by Gasteiger charge is -2.38. The first-order valence-electron chi connectivity index (χ1n) is 24.3. The van der Waals surface area contributed by atoms with Crippen molar-refractivity contribution < 1.29 is 4.74 Å². The zero-order valence-corrected chi connectivity index (χ0v) is 41.0. The second kappa shape index (κ2) is 18.2. The van der Waals surface area contributed by atoms with Crippen molar-refractivity contribution in [2.75, 3.05) is 4.90 Å². The summed E-state index contributed by atoms with van der Waals surface area (Å²) in [7, 11) is 0. The minimum Gasteiger partial charge on any atom is -0.477 e. The molecule has 9 aromatic carbocycles. The number of para-hydroxylation sites is 1. The molecule has 74 heavy (non-hydrogen) atoms. The summed E-state index contributed by atoms with van der Waals surface area (Å²) in [6.07, 6.45) is 0. The van der Waals surface area contributed by atoms with Crippen molar-refractivity contribution in [3.05, 3.63) is 241 Å². The minimum atomic E-state index is -0.759. The number of aromatic nitrogens is 6. The molecule has 1 atom stereocenters. The number of fused-ring (bicyclic) bond motifs is 5. The van der Waals surface area contributed by atoms with Crippen LogP contribution in [0.5, 0.6) is 5.75 Å². The number of hydrogen-bond donors (Lipinski definition) is 0. The van der Waals surface area contributed by atoms with E-state index < -0.39 is 5.60 Å². The van der Waals surface area contributed by atoms with Gasteiger partial charge in [-0.1, -0.05) is 193 Å². The molecular formula is C64H42N8OS. The summed E-state index contributed by atoms with van der Waals surface area (Å²) in [6.45, 7) is 4.26. The molecule has 0 saturated carbocycles. The molecule has 0 radical (unpaired) electrons. The van der Waals surface area contributed by atoms with E-state index in [1.165, 1.54) is 5.56 Å². The largest absolute Gasteiger partial charge is 0.477 e. The van der Waals surface area contributed by atoms with Gasteiger partial charge in [-0.05, 0) is 78.6 Å². The van der Waals surface area contributed by atoms with Gasteiger partial charge < -0.3 is 4.74 Å². The van der Waals surface area contributed by atoms with Gasteiger partial charge in [-0.2, -0.15) is 15.2 Å². The van der Waals surface area contributed by atoms with E-state index in [2.05, 4.69) is 122 Å². The fourth-order valence-electron chi connectivity index (χ4n) is 9.89. The van der Waals surface area contributed by atoms with E-state index in [0.29, 0.717) is 40.6 Å². The highest BCUT2D eigenvalue weighted by atomic mass is 32.2. The number of nitriles is 1. The topological polar surface area (TPSA) is 114 Å². The van der Waals surface area contributed by atoms with Gasteiger partial charge in [0.1, 0.15) is 5.75 Å². The van der Waals surface area contributed by atoms with E-state index in [4.69, 9.17) is 34.6 Å². The first-order valence-corrected chi connectivity index (χ1v) is 25.1. The van der Waals surface area contributed by atoms with Crippen LogP contribution in [0.4, 0.5) is 17.3 Å². The number of ether oxygens (including phenoxy) is 1. The van der Waals surface area contributed by atoms with Crippen LogP contribution < -0.4 is 9.64 Å². The van der Waals surface area contributed by atoms with Crippen molar-refractivity contribution in [3.8, 4) is 91.0 Å². The van der Waals surface area contributed by atoms with E-state index in [0.717, 1.165) is 88.1 Å². The quantitative estimate of drug-likeness (QED) is 0.146. The molecule has 0 aliphatic carbocycles. The smallest absolute Gasteiger partial charge is 0.238 e. The monoisotopic (exact) mass is 970 g/mol. The molecule has 2 aliphatic heterocycles. The molecule has 2 aromatic heterocycles. The fraction of sp³-hybridized carbons (Fsp3) is 0.0469. The van der Waals surface area contributed by atoms with Crippen molar-refractivity contribution in [3.63, 3.8) is 0 Å². The second-order valence-corrected chi connectivity index (χ2v) is 19.5. The molecule has 1 unspecified atom stereocenters. The van der Waals surface area contributed by atoms with Crippen molar-refractivity contribution >= 4 is 29.1 Å². The van der Waals surface area contributed by atoms with Crippen LogP contribution in [-0.4, -0.2) is 29.9 Å². The van der Waals surface area contributed by atoms with Gasteiger partial charge in [0, 0.05) is 48.7 Å². The van der Waals surface area contributed by atoms with Gasteiger partial charge in [0.05, 0.1) is 23.0 Å². The zero-order chi connectivity index (χ0) is 49.8. The Labute approximate surface area is 432 Å². The summed E-state index contributed by atoms with van der Waals surface area (Å²) < 4.78 is 7.23. The lowest BCUT2D eigenvalue weighted by Crippen LogP contribution is -2.34. The Balaban J connectivity index is 1.04. The van der Waals surface area contributed by atoms with E-state index in [9.17, 15) is 5.26 Å². The minimum absolute atomic E-state index is 0.430. The lowest BCUT2D eigenvalue weighted by atomic mass is 9.80. The first kappa shape index (κ1) is 44.4. The summed E-state index contributed by atoms with van der Waals surface area (Å²) in [5, 5.41) is 9.92. The lowest BCUT2D eigenvalue weighted by molar-refractivity contribution is 0.129. The standard InChI is InChI=1S/C64H42N8OS/c1-40-26-31-47(32-27-40)64(2)52-23-13-12-22-49(52)50-34-29-45(38-55(50)73-64)48-33-30-46(37-51(48)62-68-58(42-16-6-3-7-17-42)66-59(69-62)43-18-8-4-9-19-43)61-67-60(44-20-10-5-11-21-44)70-63(71-61)72-53-24-14-15-25-56(53)74-57-36-41(39-65)28-35-54(57)72/h3-38H,1-2H3. The maximum Gasteiger partial charge on any atom is 0.238 e. The van der Waals surface area contributed by atoms with Gasteiger partial charge in [-0.3, -0.25) is 4.90 Å². The van der Waals surface area contributed by atoms with Gasteiger partial charge in [0.25, 0.3) is 0 Å². The molecule has 0 spiro atoms. The maximum atomic E-state index is 9.92. The summed E-state index contributed by atoms with van der Waals surface area (Å²) in [5.41, 5.74) is 12.9. The van der Waals surface area contributed by atoms with Gasteiger partial charge in [0.2, 0.25) is 5.95 Å². The Hall–Kier alpha value is -9.56. The summed E-state index contributed by atoms with van der Waals surface area (Å²) in [4.78, 5) is 35.4. The van der Waals surface area contributed by atoms with E-state index >= 15 is 0 Å². The third-order valence-electron chi connectivity index (χ3n) is 13.7. The average molecular weight is 971 g/mol. The molecular weight excluding hydrogens is 929 g/mol. The van der Waals surface area contributed by atoms with E-state index in [1.807, 2.05) is 121 Å². The van der Waals surface area contributed by atoms with E-state index in [-0.39, 0.29) is 0 Å². The van der Waals surface area contributed by atoms with Crippen molar-refractivity contribution in [1.29, 1.82) is 5.26 Å². The van der Waals surface area contributed by atoms with Crippen LogP contribution in [0, 0.1) is 18.3 Å². The van der Waals surface area contributed by atoms with Crippen molar-refractivity contribution in [2.45, 2.75) is 29.2 Å². The molecule has 0 bridgehead atoms. The molecule has 11 aromatic rings. The predicted molar refractivity (Wildman–Crippen MR) is 293 cm³/mol. The molecule has 4 heterocycles. The van der Waals surface area contributed by atoms with Crippen LogP contribution in [0.3, 0.4) is 0 Å². The Morgan fingerprint density at radius 3 is 1.68 bits per heavy atom. The van der Waals surface area contributed by atoms with Crippen LogP contribution in [0.15, 0.2) is 228 Å². The van der Waals surface area contributed by atoms with Crippen molar-refractivity contribution in [2.24, 2.45) is 0 Å². The second-order valence-electron chi connectivity index (χ2n) is 18.4. The molecule has 2 aliphatic rings.